The summed E-state index contributed by atoms with van der Waals surface area (Å²) < 4.78 is 0. The summed E-state index contributed by atoms with van der Waals surface area (Å²) in [7, 11) is 0. The molecule has 27 heavy (non-hydrogen) atoms. The van der Waals surface area contributed by atoms with Crippen LogP contribution in [0.15, 0.2) is 53.9 Å². The van der Waals surface area contributed by atoms with E-state index in [1.807, 2.05) is 37.3 Å². The summed E-state index contributed by atoms with van der Waals surface area (Å²) in [6, 6.07) is 14.9. The van der Waals surface area contributed by atoms with Gasteiger partial charge in [-0.05, 0) is 30.2 Å². The molecule has 0 radical (unpaired) electrons. The van der Waals surface area contributed by atoms with Crippen molar-refractivity contribution >= 4 is 45.6 Å². The molecule has 2 N–H and O–H groups in total. The quantitative estimate of drug-likeness (QED) is 0.642. The van der Waals surface area contributed by atoms with Crippen LogP contribution >= 0.6 is 22.9 Å². The van der Waals surface area contributed by atoms with Crippen LogP contribution in [0.2, 0.25) is 5.02 Å². The summed E-state index contributed by atoms with van der Waals surface area (Å²) in [6.45, 7) is 1.85. The second-order valence-corrected chi connectivity index (χ2v) is 7.26. The fraction of sp³-hybridized carbons (Fsp3) is 0.150. The van der Waals surface area contributed by atoms with E-state index < -0.39 is 0 Å². The molecular weight excluding hydrogens is 382 g/mol. The molecule has 1 heterocycles. The third-order valence-electron chi connectivity index (χ3n) is 3.89. The second kappa shape index (κ2) is 8.79. The zero-order valence-corrected chi connectivity index (χ0v) is 16.2. The van der Waals surface area contributed by atoms with E-state index in [1.54, 1.807) is 23.6 Å². The van der Waals surface area contributed by atoms with E-state index in [-0.39, 0.29) is 24.7 Å². The monoisotopic (exact) mass is 399 g/mol. The van der Waals surface area contributed by atoms with Crippen molar-refractivity contribution in [3.8, 4) is 0 Å². The molecule has 0 atom stereocenters. The minimum Gasteiger partial charge on any atom is -0.325 e. The number of rotatable bonds is 6. The molecule has 0 saturated carbocycles. The highest BCUT2D eigenvalue weighted by Gasteiger charge is 2.12. The Bertz CT molecular complexity index is 957. The van der Waals surface area contributed by atoms with Crippen LogP contribution < -0.4 is 10.6 Å². The van der Waals surface area contributed by atoms with Gasteiger partial charge in [-0.15, -0.1) is 11.3 Å². The highest BCUT2D eigenvalue weighted by atomic mass is 35.5. The summed E-state index contributed by atoms with van der Waals surface area (Å²) in [5.74, 6) is -0.325. The number of anilines is 2. The summed E-state index contributed by atoms with van der Waals surface area (Å²) >= 11 is 7.36. The smallest absolute Gasteiger partial charge is 0.230 e. The topological polar surface area (TPSA) is 71.1 Å². The molecule has 2 aromatic carbocycles. The van der Waals surface area contributed by atoms with E-state index in [0.717, 1.165) is 11.1 Å². The predicted molar refractivity (Wildman–Crippen MR) is 109 cm³/mol. The number of amides is 2. The van der Waals surface area contributed by atoms with Crippen molar-refractivity contribution in [3.05, 3.63) is 75.8 Å². The van der Waals surface area contributed by atoms with Gasteiger partial charge in [0.05, 0.1) is 18.5 Å². The second-order valence-electron chi connectivity index (χ2n) is 5.99. The summed E-state index contributed by atoms with van der Waals surface area (Å²) in [5, 5.41) is 8.46. The van der Waals surface area contributed by atoms with E-state index in [0.29, 0.717) is 21.5 Å². The minimum absolute atomic E-state index is 0.122. The van der Waals surface area contributed by atoms with Gasteiger partial charge in [0.25, 0.3) is 0 Å². The zero-order chi connectivity index (χ0) is 19.2. The van der Waals surface area contributed by atoms with Gasteiger partial charge < -0.3 is 10.6 Å². The molecule has 0 fully saturated rings. The number of aromatic nitrogens is 1. The Morgan fingerprint density at radius 3 is 2.52 bits per heavy atom. The average molecular weight is 400 g/mol. The van der Waals surface area contributed by atoms with Gasteiger partial charge in [0, 0.05) is 16.1 Å². The number of carbonyl (C=O) groups is 2. The summed E-state index contributed by atoms with van der Waals surface area (Å²) in [6.07, 6.45) is 0.404. The Morgan fingerprint density at radius 2 is 1.74 bits per heavy atom. The van der Waals surface area contributed by atoms with E-state index in [2.05, 4.69) is 15.6 Å². The van der Waals surface area contributed by atoms with Crippen LogP contribution in [-0.4, -0.2) is 16.8 Å². The molecule has 7 heteroatoms. The van der Waals surface area contributed by atoms with Gasteiger partial charge in [-0.1, -0.05) is 48.0 Å². The first-order valence-corrected chi connectivity index (χ1v) is 9.60. The van der Waals surface area contributed by atoms with Crippen LogP contribution in [0.4, 0.5) is 10.8 Å². The third kappa shape index (κ3) is 5.39. The van der Waals surface area contributed by atoms with Crippen LogP contribution in [0.1, 0.15) is 16.8 Å². The molecule has 0 unspecified atom stereocenters. The molecule has 0 spiro atoms. The van der Waals surface area contributed by atoms with Crippen molar-refractivity contribution in [2.75, 3.05) is 10.6 Å². The van der Waals surface area contributed by atoms with E-state index in [9.17, 15) is 9.59 Å². The van der Waals surface area contributed by atoms with Gasteiger partial charge in [-0.25, -0.2) is 4.98 Å². The molecule has 0 bridgehead atoms. The molecule has 2 amide bonds. The Kier molecular flexibility index (Phi) is 6.21. The first-order chi connectivity index (χ1) is 13.0. The van der Waals surface area contributed by atoms with Crippen LogP contribution in [0.5, 0.6) is 0 Å². The van der Waals surface area contributed by atoms with Gasteiger partial charge >= 0.3 is 0 Å². The SMILES string of the molecule is Cc1c(Cl)cccc1NC(=O)Cc1csc(NC(=O)Cc2ccccc2)n1. The van der Waals surface area contributed by atoms with Crippen molar-refractivity contribution in [3.63, 3.8) is 0 Å². The normalized spacial score (nSPS) is 10.4. The molecule has 3 aromatic rings. The lowest BCUT2D eigenvalue weighted by atomic mass is 10.1. The highest BCUT2D eigenvalue weighted by molar-refractivity contribution is 7.13. The van der Waals surface area contributed by atoms with E-state index >= 15 is 0 Å². The molecule has 1 aromatic heterocycles. The molecule has 3 rings (SSSR count). The minimum atomic E-state index is -0.187. The number of hydrogen-bond acceptors (Lipinski definition) is 4. The zero-order valence-electron chi connectivity index (χ0n) is 14.7. The molecule has 0 aliphatic heterocycles. The van der Waals surface area contributed by atoms with Crippen molar-refractivity contribution < 1.29 is 9.59 Å². The Hall–Kier alpha value is -2.70. The number of halogens is 1. The molecule has 138 valence electrons. The molecule has 0 aliphatic carbocycles. The lowest BCUT2D eigenvalue weighted by molar-refractivity contribution is -0.116. The Morgan fingerprint density at radius 1 is 1.00 bits per heavy atom. The number of benzene rings is 2. The fourth-order valence-electron chi connectivity index (χ4n) is 2.49. The standard InChI is InChI=1S/C20H18ClN3O2S/c1-13-16(21)8-5-9-17(13)23-19(26)11-15-12-27-20(22-15)24-18(25)10-14-6-3-2-4-7-14/h2-9,12H,10-11H2,1H3,(H,23,26)(H,22,24,25). The largest absolute Gasteiger partial charge is 0.325 e. The first kappa shape index (κ1) is 19.1. The van der Waals surface area contributed by atoms with E-state index in [4.69, 9.17) is 11.6 Å². The number of thiazole rings is 1. The fourth-order valence-corrected chi connectivity index (χ4v) is 3.39. The molecule has 0 saturated heterocycles. The number of nitrogens with one attached hydrogen (secondary N) is 2. The highest BCUT2D eigenvalue weighted by Crippen LogP contribution is 2.23. The molecular formula is C20H18ClN3O2S. The van der Waals surface area contributed by atoms with Crippen molar-refractivity contribution in [2.24, 2.45) is 0 Å². The molecule has 5 nitrogen and oxygen atoms in total. The summed E-state index contributed by atoms with van der Waals surface area (Å²) in [4.78, 5) is 28.6. The maximum absolute atomic E-state index is 12.2. The van der Waals surface area contributed by atoms with Gasteiger partial charge in [0.2, 0.25) is 11.8 Å². The number of carbonyl (C=O) groups excluding carboxylic acids is 2. The Labute approximate surface area is 166 Å². The Balaban J connectivity index is 1.55. The summed E-state index contributed by atoms with van der Waals surface area (Å²) in [5.41, 5.74) is 3.04. The van der Waals surface area contributed by atoms with Crippen molar-refractivity contribution in [2.45, 2.75) is 19.8 Å². The van der Waals surface area contributed by atoms with Crippen LogP contribution in [0.25, 0.3) is 0 Å². The van der Waals surface area contributed by atoms with Gasteiger partial charge in [-0.3, -0.25) is 9.59 Å². The van der Waals surface area contributed by atoms with Crippen LogP contribution in [0, 0.1) is 6.92 Å². The van der Waals surface area contributed by atoms with Crippen LogP contribution in [0.3, 0.4) is 0 Å². The van der Waals surface area contributed by atoms with Gasteiger partial charge in [-0.2, -0.15) is 0 Å². The van der Waals surface area contributed by atoms with Crippen LogP contribution in [-0.2, 0) is 22.4 Å². The predicted octanol–water partition coefficient (Wildman–Crippen LogP) is 4.47. The lowest BCUT2D eigenvalue weighted by Crippen LogP contribution is -2.16. The maximum atomic E-state index is 12.2. The number of nitrogens with zero attached hydrogens (tertiary/aromatic N) is 1. The van der Waals surface area contributed by atoms with Crippen molar-refractivity contribution in [1.29, 1.82) is 0 Å². The van der Waals surface area contributed by atoms with Crippen molar-refractivity contribution in [1.82, 2.24) is 4.98 Å². The van der Waals surface area contributed by atoms with Gasteiger partial charge in [0.15, 0.2) is 5.13 Å². The number of hydrogen-bond donors (Lipinski definition) is 2. The first-order valence-electron chi connectivity index (χ1n) is 8.34. The van der Waals surface area contributed by atoms with Gasteiger partial charge in [0.1, 0.15) is 0 Å². The maximum Gasteiger partial charge on any atom is 0.230 e. The van der Waals surface area contributed by atoms with E-state index in [1.165, 1.54) is 11.3 Å². The average Bonchev–Trinajstić information content (AvgIpc) is 3.06. The lowest BCUT2D eigenvalue weighted by Gasteiger charge is -2.08. The third-order valence-corrected chi connectivity index (χ3v) is 5.11. The molecule has 0 aliphatic rings.